The Hall–Kier alpha value is -1.26. The molecule has 5 nitrogen and oxygen atoms in total. The number of carboxylic acid groups (broad SMARTS) is 1. The Labute approximate surface area is 101 Å². The van der Waals surface area contributed by atoms with Crippen LogP contribution in [-0.2, 0) is 4.79 Å². The molecule has 5 heteroatoms. The van der Waals surface area contributed by atoms with Gasteiger partial charge < -0.3 is 14.9 Å². The van der Waals surface area contributed by atoms with Gasteiger partial charge in [-0.05, 0) is 12.8 Å². The summed E-state index contributed by atoms with van der Waals surface area (Å²) in [4.78, 5) is 26.9. The first-order chi connectivity index (χ1) is 8.08. The number of rotatable bonds is 2. The highest BCUT2D eigenvalue weighted by Crippen LogP contribution is 2.35. The number of hydrogen-bond donors (Lipinski definition) is 1. The first-order valence-corrected chi connectivity index (χ1v) is 6.34. The maximum absolute atomic E-state index is 12.0. The highest BCUT2D eigenvalue weighted by molar-refractivity contribution is 5.87. The standard InChI is InChI=1S/C12H20N2O3/c1-13-8-9-14(11(13)17)12(10(15)16)6-4-2-3-5-7-12/h2-9H2,1H3,(H,15,16). The monoisotopic (exact) mass is 240 g/mol. The summed E-state index contributed by atoms with van der Waals surface area (Å²) in [6, 6.07) is -0.130. The molecule has 0 radical (unpaired) electrons. The molecule has 0 unspecified atom stereocenters. The van der Waals surface area contributed by atoms with Gasteiger partial charge in [0.15, 0.2) is 0 Å². The van der Waals surface area contributed by atoms with Crippen molar-refractivity contribution in [3.63, 3.8) is 0 Å². The molecule has 0 aromatic rings. The van der Waals surface area contributed by atoms with Crippen molar-refractivity contribution in [1.29, 1.82) is 0 Å². The van der Waals surface area contributed by atoms with E-state index < -0.39 is 11.5 Å². The normalized spacial score (nSPS) is 24.9. The van der Waals surface area contributed by atoms with Gasteiger partial charge in [0.05, 0.1) is 0 Å². The van der Waals surface area contributed by atoms with Crippen LogP contribution in [0.25, 0.3) is 0 Å². The second kappa shape index (κ2) is 4.55. The van der Waals surface area contributed by atoms with E-state index >= 15 is 0 Å². The summed E-state index contributed by atoms with van der Waals surface area (Å²) in [7, 11) is 1.73. The zero-order valence-electron chi connectivity index (χ0n) is 10.3. The van der Waals surface area contributed by atoms with Gasteiger partial charge in [0, 0.05) is 20.1 Å². The highest BCUT2D eigenvalue weighted by atomic mass is 16.4. The van der Waals surface area contributed by atoms with Crippen molar-refractivity contribution in [2.24, 2.45) is 0 Å². The second-order valence-corrected chi connectivity index (χ2v) is 5.11. The summed E-state index contributed by atoms with van der Waals surface area (Å²) in [6.07, 6.45) is 5.16. The number of carbonyl (C=O) groups is 2. The molecule has 1 aliphatic carbocycles. The lowest BCUT2D eigenvalue weighted by Crippen LogP contribution is -2.55. The van der Waals surface area contributed by atoms with Gasteiger partial charge in [-0.25, -0.2) is 9.59 Å². The van der Waals surface area contributed by atoms with Gasteiger partial charge in [0.2, 0.25) is 0 Å². The van der Waals surface area contributed by atoms with Crippen LogP contribution in [0.1, 0.15) is 38.5 Å². The average molecular weight is 240 g/mol. The number of nitrogens with zero attached hydrogens (tertiary/aromatic N) is 2. The molecule has 96 valence electrons. The molecule has 1 saturated carbocycles. The number of aliphatic carboxylic acids is 1. The lowest BCUT2D eigenvalue weighted by Gasteiger charge is -2.37. The first-order valence-electron chi connectivity index (χ1n) is 6.34. The molecule has 17 heavy (non-hydrogen) atoms. The Morgan fingerprint density at radius 3 is 2.18 bits per heavy atom. The summed E-state index contributed by atoms with van der Waals surface area (Å²) in [6.45, 7) is 1.18. The van der Waals surface area contributed by atoms with E-state index in [2.05, 4.69) is 0 Å². The Morgan fingerprint density at radius 1 is 1.18 bits per heavy atom. The van der Waals surface area contributed by atoms with E-state index in [1.165, 1.54) is 0 Å². The highest BCUT2D eigenvalue weighted by Gasteiger charge is 2.49. The van der Waals surface area contributed by atoms with Gasteiger partial charge >= 0.3 is 12.0 Å². The molecule has 0 aromatic heterocycles. The maximum atomic E-state index is 12.0. The fourth-order valence-electron chi connectivity index (χ4n) is 2.96. The van der Waals surface area contributed by atoms with Crippen molar-refractivity contribution in [2.45, 2.75) is 44.1 Å². The molecule has 2 aliphatic rings. The smallest absolute Gasteiger partial charge is 0.329 e. The lowest BCUT2D eigenvalue weighted by molar-refractivity contribution is -0.150. The van der Waals surface area contributed by atoms with Crippen LogP contribution in [0.4, 0.5) is 4.79 Å². The van der Waals surface area contributed by atoms with Crippen LogP contribution in [0.5, 0.6) is 0 Å². The summed E-state index contributed by atoms with van der Waals surface area (Å²) in [5.41, 5.74) is -0.946. The fraction of sp³-hybridized carbons (Fsp3) is 0.833. The van der Waals surface area contributed by atoms with Crippen LogP contribution in [0.15, 0.2) is 0 Å². The fourth-order valence-corrected chi connectivity index (χ4v) is 2.96. The van der Waals surface area contributed by atoms with E-state index in [1.807, 2.05) is 0 Å². The molecular formula is C12H20N2O3. The minimum atomic E-state index is -0.946. The zero-order chi connectivity index (χ0) is 12.5. The van der Waals surface area contributed by atoms with E-state index in [0.29, 0.717) is 25.9 Å². The molecular weight excluding hydrogens is 220 g/mol. The predicted molar refractivity (Wildman–Crippen MR) is 62.8 cm³/mol. The molecule has 1 N–H and O–H groups in total. The first kappa shape index (κ1) is 12.2. The molecule has 2 amide bonds. The van der Waals surface area contributed by atoms with E-state index in [1.54, 1.807) is 16.8 Å². The van der Waals surface area contributed by atoms with Crippen molar-refractivity contribution in [1.82, 2.24) is 9.80 Å². The number of urea groups is 1. The van der Waals surface area contributed by atoms with Crippen LogP contribution in [0, 0.1) is 0 Å². The van der Waals surface area contributed by atoms with Gasteiger partial charge in [-0.1, -0.05) is 25.7 Å². The number of likely N-dealkylation sites (N-methyl/N-ethyl adjacent to an activating group) is 1. The van der Waals surface area contributed by atoms with Crippen molar-refractivity contribution in [2.75, 3.05) is 20.1 Å². The quantitative estimate of drug-likeness (QED) is 0.745. The molecule has 2 fully saturated rings. The average Bonchev–Trinajstić information content (AvgIpc) is 2.56. The van der Waals surface area contributed by atoms with Crippen LogP contribution in [0.3, 0.4) is 0 Å². The van der Waals surface area contributed by atoms with Gasteiger partial charge in [-0.2, -0.15) is 0 Å². The number of hydrogen-bond acceptors (Lipinski definition) is 2. The minimum absolute atomic E-state index is 0.130. The molecule has 0 bridgehead atoms. The topological polar surface area (TPSA) is 60.9 Å². The Bertz CT molecular complexity index is 322. The van der Waals surface area contributed by atoms with Crippen molar-refractivity contribution in [3.05, 3.63) is 0 Å². The zero-order valence-corrected chi connectivity index (χ0v) is 10.3. The predicted octanol–water partition coefficient (Wildman–Crippen LogP) is 1.53. The summed E-state index contributed by atoms with van der Waals surface area (Å²) >= 11 is 0. The van der Waals surface area contributed by atoms with Gasteiger partial charge in [-0.15, -0.1) is 0 Å². The maximum Gasteiger partial charge on any atom is 0.329 e. The molecule has 0 aromatic carbocycles. The lowest BCUT2D eigenvalue weighted by atomic mass is 9.88. The third-order valence-electron chi connectivity index (χ3n) is 4.06. The van der Waals surface area contributed by atoms with Crippen molar-refractivity contribution < 1.29 is 14.7 Å². The SMILES string of the molecule is CN1CCN(C2(C(=O)O)CCCCCC2)C1=O. The Balaban J connectivity index is 2.27. The largest absolute Gasteiger partial charge is 0.479 e. The van der Waals surface area contributed by atoms with Crippen LogP contribution in [-0.4, -0.2) is 52.6 Å². The number of carbonyl (C=O) groups excluding carboxylic acids is 1. The third kappa shape index (κ3) is 1.98. The second-order valence-electron chi connectivity index (χ2n) is 5.11. The van der Waals surface area contributed by atoms with Crippen LogP contribution in [0.2, 0.25) is 0 Å². The van der Waals surface area contributed by atoms with Crippen molar-refractivity contribution >= 4 is 12.0 Å². The Kier molecular flexibility index (Phi) is 3.26. The van der Waals surface area contributed by atoms with E-state index in [0.717, 1.165) is 25.7 Å². The Morgan fingerprint density at radius 2 is 1.76 bits per heavy atom. The van der Waals surface area contributed by atoms with Crippen LogP contribution < -0.4 is 0 Å². The molecule has 1 saturated heterocycles. The van der Waals surface area contributed by atoms with Gasteiger partial charge in [0.1, 0.15) is 5.54 Å². The van der Waals surface area contributed by atoms with Crippen molar-refractivity contribution in [3.8, 4) is 0 Å². The summed E-state index contributed by atoms with van der Waals surface area (Å²) < 4.78 is 0. The molecule has 1 heterocycles. The molecule has 0 atom stereocenters. The minimum Gasteiger partial charge on any atom is -0.479 e. The van der Waals surface area contributed by atoms with E-state index in [-0.39, 0.29) is 6.03 Å². The van der Waals surface area contributed by atoms with Crippen LogP contribution >= 0.6 is 0 Å². The van der Waals surface area contributed by atoms with E-state index in [4.69, 9.17) is 0 Å². The van der Waals surface area contributed by atoms with Gasteiger partial charge in [-0.3, -0.25) is 0 Å². The van der Waals surface area contributed by atoms with E-state index in [9.17, 15) is 14.7 Å². The summed E-state index contributed by atoms with van der Waals surface area (Å²) in [5.74, 6) is -0.831. The third-order valence-corrected chi connectivity index (χ3v) is 4.06. The summed E-state index contributed by atoms with van der Waals surface area (Å²) in [5, 5.41) is 9.57. The number of carboxylic acids is 1. The molecule has 0 spiro atoms. The molecule has 2 rings (SSSR count). The van der Waals surface area contributed by atoms with Gasteiger partial charge in [0.25, 0.3) is 0 Å². The number of amides is 2. The molecule has 1 aliphatic heterocycles.